The molecule has 0 aliphatic carbocycles. The Morgan fingerprint density at radius 2 is 1.94 bits per heavy atom. The second-order valence-corrected chi connectivity index (χ2v) is 7.20. The summed E-state index contributed by atoms with van der Waals surface area (Å²) in [6.45, 7) is 2.25. The van der Waals surface area contributed by atoms with E-state index >= 15 is 0 Å². The lowest BCUT2D eigenvalue weighted by molar-refractivity contribution is -0.125. The van der Waals surface area contributed by atoms with Crippen LogP contribution in [0.15, 0.2) is 67.1 Å². The minimum absolute atomic E-state index is 0.134. The summed E-state index contributed by atoms with van der Waals surface area (Å²) < 4.78 is 3.68. The highest BCUT2D eigenvalue weighted by atomic mass is 16.2. The highest BCUT2D eigenvalue weighted by Gasteiger charge is 2.14. The number of nitrogens with zero attached hydrogens (tertiary/aromatic N) is 7. The van der Waals surface area contributed by atoms with Crippen molar-refractivity contribution in [1.82, 2.24) is 34.4 Å². The smallest absolute Gasteiger partial charge is 0.246 e. The predicted octanol–water partition coefficient (Wildman–Crippen LogP) is 3.04. The summed E-state index contributed by atoms with van der Waals surface area (Å²) in [6.07, 6.45) is 8.73. The van der Waals surface area contributed by atoms with E-state index in [9.17, 15) is 4.79 Å². The standard InChI is InChI=1S/C23H23N7O/c1-17-25-26-21(29(17)3)16-28(2)22(31)12-11-19-15-30(20-9-5-4-6-10-20)27-23(19)18-8-7-13-24-14-18/h4-15H,16H2,1-3H3. The van der Waals surface area contributed by atoms with Gasteiger partial charge < -0.3 is 9.47 Å². The third kappa shape index (κ3) is 4.42. The Morgan fingerprint density at radius 3 is 2.61 bits per heavy atom. The third-order valence-corrected chi connectivity index (χ3v) is 5.04. The van der Waals surface area contributed by atoms with Gasteiger partial charge in [-0.25, -0.2) is 4.68 Å². The van der Waals surface area contributed by atoms with Crippen molar-refractivity contribution in [2.45, 2.75) is 13.5 Å². The average molecular weight is 413 g/mol. The number of aromatic nitrogens is 6. The molecule has 0 atom stereocenters. The lowest BCUT2D eigenvalue weighted by atomic mass is 10.1. The van der Waals surface area contributed by atoms with Gasteiger partial charge in [0.2, 0.25) is 5.91 Å². The maximum Gasteiger partial charge on any atom is 0.246 e. The van der Waals surface area contributed by atoms with Gasteiger partial charge in [0.25, 0.3) is 0 Å². The van der Waals surface area contributed by atoms with Crippen LogP contribution in [0.25, 0.3) is 23.0 Å². The van der Waals surface area contributed by atoms with Gasteiger partial charge in [-0.1, -0.05) is 18.2 Å². The summed E-state index contributed by atoms with van der Waals surface area (Å²) >= 11 is 0. The molecular formula is C23H23N7O. The molecule has 1 aromatic carbocycles. The number of rotatable bonds is 6. The summed E-state index contributed by atoms with van der Waals surface area (Å²) in [5.41, 5.74) is 3.40. The molecule has 0 N–H and O–H groups in total. The number of carbonyl (C=O) groups is 1. The quantitative estimate of drug-likeness (QED) is 0.454. The average Bonchev–Trinajstić information content (AvgIpc) is 3.37. The predicted molar refractivity (Wildman–Crippen MR) is 118 cm³/mol. The number of carbonyl (C=O) groups excluding carboxylic acids is 1. The Morgan fingerprint density at radius 1 is 1.13 bits per heavy atom. The number of amides is 1. The number of hydrogen-bond donors (Lipinski definition) is 0. The van der Waals surface area contributed by atoms with E-state index in [1.807, 2.05) is 67.2 Å². The molecule has 4 aromatic rings. The van der Waals surface area contributed by atoms with E-state index in [1.165, 1.54) is 0 Å². The minimum Gasteiger partial charge on any atom is -0.335 e. The highest BCUT2D eigenvalue weighted by Crippen LogP contribution is 2.24. The molecule has 0 fully saturated rings. The van der Waals surface area contributed by atoms with Crippen molar-refractivity contribution in [3.63, 3.8) is 0 Å². The number of benzene rings is 1. The lowest BCUT2D eigenvalue weighted by Crippen LogP contribution is -2.25. The van der Waals surface area contributed by atoms with Crippen molar-refractivity contribution in [2.24, 2.45) is 7.05 Å². The second-order valence-electron chi connectivity index (χ2n) is 7.20. The molecule has 0 saturated heterocycles. The van der Waals surface area contributed by atoms with E-state index < -0.39 is 0 Å². The molecule has 3 heterocycles. The van der Waals surface area contributed by atoms with Crippen LogP contribution in [0.2, 0.25) is 0 Å². The highest BCUT2D eigenvalue weighted by molar-refractivity contribution is 5.92. The number of aryl methyl sites for hydroxylation is 1. The largest absolute Gasteiger partial charge is 0.335 e. The maximum atomic E-state index is 12.7. The topological polar surface area (TPSA) is 81.7 Å². The van der Waals surface area contributed by atoms with Crippen molar-refractivity contribution in [3.05, 3.63) is 84.3 Å². The molecule has 4 rings (SSSR count). The Kier molecular flexibility index (Phi) is 5.70. The molecule has 31 heavy (non-hydrogen) atoms. The molecule has 0 unspecified atom stereocenters. The van der Waals surface area contributed by atoms with Crippen LogP contribution in [-0.4, -0.2) is 47.4 Å². The first-order chi connectivity index (χ1) is 15.0. The van der Waals surface area contributed by atoms with Crippen LogP contribution in [0.1, 0.15) is 17.2 Å². The zero-order chi connectivity index (χ0) is 21.8. The number of pyridine rings is 1. The minimum atomic E-state index is -0.134. The fraction of sp³-hybridized carbons (Fsp3) is 0.174. The summed E-state index contributed by atoms with van der Waals surface area (Å²) in [5.74, 6) is 1.40. The second kappa shape index (κ2) is 8.74. The fourth-order valence-electron chi connectivity index (χ4n) is 3.12. The molecule has 0 radical (unpaired) electrons. The van der Waals surface area contributed by atoms with Gasteiger partial charge >= 0.3 is 0 Å². The first-order valence-electron chi connectivity index (χ1n) is 9.86. The van der Waals surface area contributed by atoms with Crippen molar-refractivity contribution in [1.29, 1.82) is 0 Å². The monoisotopic (exact) mass is 413 g/mol. The maximum absolute atomic E-state index is 12.7. The van der Waals surface area contributed by atoms with Crippen molar-refractivity contribution in [3.8, 4) is 16.9 Å². The van der Waals surface area contributed by atoms with Gasteiger partial charge in [0, 0.05) is 49.9 Å². The van der Waals surface area contributed by atoms with Gasteiger partial charge in [0.15, 0.2) is 5.82 Å². The number of para-hydroxylation sites is 1. The van der Waals surface area contributed by atoms with Gasteiger partial charge in [0.1, 0.15) is 11.5 Å². The fourth-order valence-corrected chi connectivity index (χ4v) is 3.12. The summed E-state index contributed by atoms with van der Waals surface area (Å²) in [4.78, 5) is 18.5. The number of likely N-dealkylation sites (N-methyl/N-ethyl adjacent to an activating group) is 1. The molecule has 0 saturated carbocycles. The van der Waals surface area contributed by atoms with Crippen LogP contribution in [0.4, 0.5) is 0 Å². The molecule has 8 nitrogen and oxygen atoms in total. The summed E-state index contributed by atoms with van der Waals surface area (Å²) in [6, 6.07) is 13.7. The van der Waals surface area contributed by atoms with Gasteiger partial charge in [0.05, 0.1) is 12.2 Å². The molecule has 0 bridgehead atoms. The van der Waals surface area contributed by atoms with Crippen LogP contribution in [0.5, 0.6) is 0 Å². The molecule has 156 valence electrons. The molecular weight excluding hydrogens is 390 g/mol. The molecule has 0 aliphatic rings. The third-order valence-electron chi connectivity index (χ3n) is 5.04. The molecule has 0 aliphatic heterocycles. The van der Waals surface area contributed by atoms with Crippen LogP contribution < -0.4 is 0 Å². The van der Waals surface area contributed by atoms with Gasteiger partial charge in [-0.3, -0.25) is 9.78 Å². The van der Waals surface area contributed by atoms with Crippen molar-refractivity contribution >= 4 is 12.0 Å². The van der Waals surface area contributed by atoms with Crippen LogP contribution in [0.3, 0.4) is 0 Å². The van der Waals surface area contributed by atoms with E-state index in [1.54, 1.807) is 41.2 Å². The lowest BCUT2D eigenvalue weighted by Gasteiger charge is -2.14. The van der Waals surface area contributed by atoms with Gasteiger partial charge in [-0.2, -0.15) is 5.10 Å². The Bertz CT molecular complexity index is 1210. The van der Waals surface area contributed by atoms with Crippen LogP contribution in [0, 0.1) is 6.92 Å². The Labute approximate surface area is 180 Å². The molecule has 8 heteroatoms. The van der Waals surface area contributed by atoms with E-state index in [2.05, 4.69) is 15.2 Å². The molecule has 1 amide bonds. The van der Waals surface area contributed by atoms with Crippen LogP contribution in [-0.2, 0) is 18.4 Å². The number of hydrogen-bond acceptors (Lipinski definition) is 5. The summed E-state index contributed by atoms with van der Waals surface area (Å²) in [7, 11) is 3.63. The molecule has 0 spiro atoms. The zero-order valence-corrected chi connectivity index (χ0v) is 17.7. The van der Waals surface area contributed by atoms with Crippen molar-refractivity contribution < 1.29 is 4.79 Å². The van der Waals surface area contributed by atoms with Crippen LogP contribution >= 0.6 is 0 Å². The Hall–Kier alpha value is -4.07. The van der Waals surface area contributed by atoms with E-state index in [-0.39, 0.29) is 5.91 Å². The SMILES string of the molecule is Cc1nnc(CN(C)C(=O)C=Cc2cn(-c3ccccc3)nc2-c2cccnc2)n1C. The van der Waals surface area contributed by atoms with Gasteiger partial charge in [-0.05, 0) is 37.3 Å². The Balaban J connectivity index is 1.60. The normalized spacial score (nSPS) is 11.2. The summed E-state index contributed by atoms with van der Waals surface area (Å²) in [5, 5.41) is 12.9. The zero-order valence-electron chi connectivity index (χ0n) is 17.7. The van der Waals surface area contributed by atoms with E-state index in [4.69, 9.17) is 5.10 Å². The van der Waals surface area contributed by atoms with E-state index in [0.29, 0.717) is 6.54 Å². The molecule has 3 aromatic heterocycles. The van der Waals surface area contributed by atoms with E-state index in [0.717, 1.165) is 34.2 Å². The first-order valence-corrected chi connectivity index (χ1v) is 9.86. The first kappa shape index (κ1) is 20.2. The van der Waals surface area contributed by atoms with Crippen molar-refractivity contribution in [2.75, 3.05) is 7.05 Å². The van der Waals surface area contributed by atoms with Gasteiger partial charge in [-0.15, -0.1) is 10.2 Å².